The normalized spacial score (nSPS) is 12.1. The van der Waals surface area contributed by atoms with Crippen LogP contribution < -0.4 is 0 Å². The lowest BCUT2D eigenvalue weighted by atomic mass is 9.95. The van der Waals surface area contributed by atoms with Crippen LogP contribution >= 0.6 is 0 Å². The van der Waals surface area contributed by atoms with Crippen LogP contribution in [0.25, 0.3) is 0 Å². The summed E-state index contributed by atoms with van der Waals surface area (Å²) in [6, 6.07) is 10.5. The van der Waals surface area contributed by atoms with Crippen molar-refractivity contribution in [2.75, 3.05) is 6.54 Å². The number of hydrogen-bond donors (Lipinski definition) is 1. The fourth-order valence-electron chi connectivity index (χ4n) is 2.96. The fraction of sp³-hybridized carbons (Fsp3) is 0.500. The minimum atomic E-state index is -0.892. The van der Waals surface area contributed by atoms with E-state index in [1.807, 2.05) is 32.0 Å². The highest BCUT2D eigenvalue weighted by Crippen LogP contribution is 2.30. The van der Waals surface area contributed by atoms with Crippen molar-refractivity contribution in [1.29, 1.82) is 0 Å². The van der Waals surface area contributed by atoms with E-state index < -0.39 is 5.60 Å². The van der Waals surface area contributed by atoms with Crippen LogP contribution in [0.3, 0.4) is 0 Å². The van der Waals surface area contributed by atoms with Gasteiger partial charge in [-0.1, -0.05) is 32.9 Å². The molecule has 0 saturated carbocycles. The van der Waals surface area contributed by atoms with Gasteiger partial charge in [0.05, 0.1) is 6.54 Å². The lowest BCUT2D eigenvalue weighted by Gasteiger charge is -2.23. The van der Waals surface area contributed by atoms with Gasteiger partial charge in [-0.05, 0) is 55.6 Å². The number of rotatable bonds is 9. The third-order valence-corrected chi connectivity index (χ3v) is 4.50. The van der Waals surface area contributed by atoms with Crippen LogP contribution in [0.1, 0.15) is 57.1 Å². The standard InChI is InChI=1S/C20H28FNO2/c1-4-12-22(14-16-8-7-9-17(21)13-16)15-18-10-11-19(24-18)20(23,5-2)6-3/h7-11,13,23H,4-6,12,14-15H2,1-3H3. The van der Waals surface area contributed by atoms with Crippen LogP contribution in [0.4, 0.5) is 4.39 Å². The molecule has 0 atom stereocenters. The third kappa shape index (κ3) is 4.68. The van der Waals surface area contributed by atoms with Crippen molar-refractivity contribution in [2.45, 2.75) is 58.7 Å². The zero-order valence-electron chi connectivity index (χ0n) is 14.9. The van der Waals surface area contributed by atoms with E-state index in [9.17, 15) is 9.50 Å². The smallest absolute Gasteiger partial charge is 0.135 e. The molecule has 0 saturated heterocycles. The average molecular weight is 333 g/mol. The first-order valence-electron chi connectivity index (χ1n) is 8.79. The van der Waals surface area contributed by atoms with Gasteiger partial charge in [-0.15, -0.1) is 0 Å². The second-order valence-electron chi connectivity index (χ2n) is 6.35. The molecule has 0 radical (unpaired) electrons. The molecule has 4 heteroatoms. The molecular formula is C20H28FNO2. The molecule has 1 N–H and O–H groups in total. The molecule has 0 bridgehead atoms. The summed E-state index contributed by atoms with van der Waals surface area (Å²) in [6.07, 6.45) is 2.26. The van der Waals surface area contributed by atoms with Crippen LogP contribution in [0.5, 0.6) is 0 Å². The van der Waals surface area contributed by atoms with Crippen molar-refractivity contribution < 1.29 is 13.9 Å². The van der Waals surface area contributed by atoms with E-state index in [1.165, 1.54) is 6.07 Å². The molecule has 1 aromatic carbocycles. The monoisotopic (exact) mass is 333 g/mol. The molecule has 2 aromatic rings. The van der Waals surface area contributed by atoms with Gasteiger partial charge < -0.3 is 9.52 Å². The predicted octanol–water partition coefficient (Wildman–Crippen LogP) is 4.84. The van der Waals surface area contributed by atoms with Crippen molar-refractivity contribution >= 4 is 0 Å². The highest BCUT2D eigenvalue weighted by Gasteiger charge is 2.28. The van der Waals surface area contributed by atoms with E-state index in [1.54, 1.807) is 12.1 Å². The number of nitrogens with zero attached hydrogens (tertiary/aromatic N) is 1. The molecule has 24 heavy (non-hydrogen) atoms. The summed E-state index contributed by atoms with van der Waals surface area (Å²) >= 11 is 0. The maximum Gasteiger partial charge on any atom is 0.135 e. The largest absolute Gasteiger partial charge is 0.462 e. The van der Waals surface area contributed by atoms with Crippen LogP contribution in [0.15, 0.2) is 40.8 Å². The Morgan fingerprint density at radius 3 is 2.46 bits per heavy atom. The van der Waals surface area contributed by atoms with Gasteiger partial charge in [0, 0.05) is 6.54 Å². The minimum absolute atomic E-state index is 0.208. The second-order valence-corrected chi connectivity index (χ2v) is 6.35. The molecule has 2 rings (SSSR count). The van der Waals surface area contributed by atoms with Gasteiger partial charge in [0.25, 0.3) is 0 Å². The van der Waals surface area contributed by atoms with Crippen LogP contribution in [0, 0.1) is 5.82 Å². The first-order chi connectivity index (χ1) is 11.5. The molecule has 0 aliphatic heterocycles. The number of hydrogen-bond acceptors (Lipinski definition) is 3. The lowest BCUT2D eigenvalue weighted by molar-refractivity contribution is 0.00519. The second kappa shape index (κ2) is 8.45. The molecule has 0 amide bonds. The van der Waals surface area contributed by atoms with Crippen molar-refractivity contribution in [2.24, 2.45) is 0 Å². The highest BCUT2D eigenvalue weighted by molar-refractivity contribution is 5.17. The van der Waals surface area contributed by atoms with Crippen molar-refractivity contribution in [1.82, 2.24) is 4.90 Å². The van der Waals surface area contributed by atoms with Gasteiger partial charge in [-0.3, -0.25) is 4.90 Å². The zero-order chi connectivity index (χ0) is 17.6. The Bertz CT molecular complexity index is 634. The number of benzene rings is 1. The molecule has 0 fully saturated rings. The predicted molar refractivity (Wildman–Crippen MR) is 94.0 cm³/mol. The summed E-state index contributed by atoms with van der Waals surface area (Å²) in [5, 5.41) is 10.6. The van der Waals surface area contributed by atoms with E-state index in [0.29, 0.717) is 31.7 Å². The molecule has 0 aliphatic carbocycles. The Morgan fingerprint density at radius 2 is 1.83 bits per heavy atom. The third-order valence-electron chi connectivity index (χ3n) is 4.50. The summed E-state index contributed by atoms with van der Waals surface area (Å²) in [5.41, 5.74) is 0.0602. The van der Waals surface area contributed by atoms with E-state index in [0.717, 1.165) is 24.3 Å². The van der Waals surface area contributed by atoms with Gasteiger partial charge in [0.1, 0.15) is 22.9 Å². The molecule has 0 unspecified atom stereocenters. The molecule has 0 spiro atoms. The summed E-state index contributed by atoms with van der Waals surface area (Å²) in [6.45, 7) is 8.26. The van der Waals surface area contributed by atoms with Gasteiger partial charge in [0.2, 0.25) is 0 Å². The highest BCUT2D eigenvalue weighted by atomic mass is 19.1. The van der Waals surface area contributed by atoms with Gasteiger partial charge in [0.15, 0.2) is 0 Å². The van der Waals surface area contributed by atoms with E-state index in [-0.39, 0.29) is 5.82 Å². The number of aliphatic hydroxyl groups is 1. The summed E-state index contributed by atoms with van der Waals surface area (Å²) in [5.74, 6) is 1.25. The summed E-state index contributed by atoms with van der Waals surface area (Å²) < 4.78 is 19.3. The van der Waals surface area contributed by atoms with Crippen molar-refractivity contribution in [3.63, 3.8) is 0 Å². The van der Waals surface area contributed by atoms with E-state index >= 15 is 0 Å². The van der Waals surface area contributed by atoms with E-state index in [2.05, 4.69) is 11.8 Å². The molecule has 1 aromatic heterocycles. The average Bonchev–Trinajstić information content (AvgIpc) is 3.03. The maximum absolute atomic E-state index is 13.4. The molecule has 1 heterocycles. The van der Waals surface area contributed by atoms with Gasteiger partial charge in [-0.2, -0.15) is 0 Å². The topological polar surface area (TPSA) is 36.6 Å². The molecule has 132 valence electrons. The van der Waals surface area contributed by atoms with Crippen LogP contribution in [-0.4, -0.2) is 16.6 Å². The fourth-order valence-corrected chi connectivity index (χ4v) is 2.96. The van der Waals surface area contributed by atoms with Gasteiger partial charge in [-0.25, -0.2) is 4.39 Å². The Labute approximate surface area is 144 Å². The van der Waals surface area contributed by atoms with Crippen molar-refractivity contribution in [3.8, 4) is 0 Å². The Hall–Kier alpha value is -1.65. The van der Waals surface area contributed by atoms with Crippen LogP contribution in [0.2, 0.25) is 0 Å². The first-order valence-corrected chi connectivity index (χ1v) is 8.79. The van der Waals surface area contributed by atoms with Crippen LogP contribution in [-0.2, 0) is 18.7 Å². The Morgan fingerprint density at radius 1 is 1.08 bits per heavy atom. The van der Waals surface area contributed by atoms with E-state index in [4.69, 9.17) is 4.42 Å². The molecule has 0 aliphatic rings. The zero-order valence-corrected chi connectivity index (χ0v) is 14.9. The number of furan rings is 1. The summed E-state index contributed by atoms with van der Waals surface area (Å²) in [4.78, 5) is 2.23. The SMILES string of the molecule is CCCN(Cc1cccc(F)c1)Cc1ccc(C(O)(CC)CC)o1. The Kier molecular flexibility index (Phi) is 6.58. The molecular weight excluding hydrogens is 305 g/mol. The quantitative estimate of drug-likeness (QED) is 0.713. The Balaban J connectivity index is 2.09. The summed E-state index contributed by atoms with van der Waals surface area (Å²) in [7, 11) is 0. The van der Waals surface area contributed by atoms with Crippen molar-refractivity contribution in [3.05, 3.63) is 59.3 Å². The maximum atomic E-state index is 13.4. The first kappa shape index (κ1) is 18.7. The van der Waals surface area contributed by atoms with Gasteiger partial charge >= 0.3 is 0 Å². The minimum Gasteiger partial charge on any atom is -0.462 e. The molecule has 3 nitrogen and oxygen atoms in total. The number of halogens is 1. The lowest BCUT2D eigenvalue weighted by Crippen LogP contribution is -2.24.